The van der Waals surface area contributed by atoms with Gasteiger partial charge in [0.15, 0.2) is 0 Å². The molecule has 0 amide bonds. The zero-order valence-electron chi connectivity index (χ0n) is 7.11. The van der Waals surface area contributed by atoms with Crippen LogP contribution >= 0.6 is 22.7 Å². The molecule has 66 valence electrons. The summed E-state index contributed by atoms with van der Waals surface area (Å²) < 4.78 is 0. The van der Waals surface area contributed by atoms with E-state index in [1.807, 2.05) is 35.2 Å². The van der Waals surface area contributed by atoms with E-state index >= 15 is 0 Å². The van der Waals surface area contributed by atoms with Crippen LogP contribution in [-0.4, -0.2) is 5.78 Å². The van der Waals surface area contributed by atoms with E-state index in [2.05, 4.69) is 0 Å². The number of carbonyl (C=O) groups excluding carboxylic acids is 1. The van der Waals surface area contributed by atoms with E-state index < -0.39 is 0 Å². The Labute approximate surface area is 84.7 Å². The van der Waals surface area contributed by atoms with Gasteiger partial charge in [0, 0.05) is 10.9 Å². The Kier molecular flexibility index (Phi) is 2.29. The van der Waals surface area contributed by atoms with Gasteiger partial charge in [0.1, 0.15) is 0 Å². The van der Waals surface area contributed by atoms with E-state index in [4.69, 9.17) is 0 Å². The summed E-state index contributed by atoms with van der Waals surface area (Å²) in [5.74, 6) is 0.138. The van der Waals surface area contributed by atoms with Crippen LogP contribution in [0.1, 0.15) is 20.8 Å². The van der Waals surface area contributed by atoms with Crippen LogP contribution in [0, 0.1) is 6.92 Å². The van der Waals surface area contributed by atoms with Gasteiger partial charge in [0.05, 0.1) is 4.88 Å². The maximum Gasteiger partial charge on any atom is 0.203 e. The van der Waals surface area contributed by atoms with Crippen molar-refractivity contribution in [3.05, 3.63) is 44.3 Å². The predicted octanol–water partition coefficient (Wildman–Crippen LogP) is 3.35. The Morgan fingerprint density at radius 2 is 2.23 bits per heavy atom. The van der Waals surface area contributed by atoms with Crippen molar-refractivity contribution in [1.82, 2.24) is 0 Å². The second-order valence-corrected chi connectivity index (χ2v) is 4.52. The third-order valence-electron chi connectivity index (χ3n) is 1.74. The van der Waals surface area contributed by atoms with Crippen LogP contribution in [0.25, 0.3) is 0 Å². The summed E-state index contributed by atoms with van der Waals surface area (Å²) in [6, 6.07) is 3.80. The highest BCUT2D eigenvalue weighted by molar-refractivity contribution is 7.12. The monoisotopic (exact) mass is 208 g/mol. The molecule has 0 saturated heterocycles. The van der Waals surface area contributed by atoms with Crippen molar-refractivity contribution in [1.29, 1.82) is 0 Å². The summed E-state index contributed by atoms with van der Waals surface area (Å²) >= 11 is 3.06. The SMILES string of the molecule is Cc1csc(C(=O)c2ccsc2)c1. The molecule has 0 spiro atoms. The summed E-state index contributed by atoms with van der Waals surface area (Å²) in [5.41, 5.74) is 1.95. The zero-order chi connectivity index (χ0) is 9.26. The molecule has 2 heterocycles. The van der Waals surface area contributed by atoms with E-state index in [9.17, 15) is 4.79 Å². The smallest absolute Gasteiger partial charge is 0.203 e. The molecule has 0 aliphatic heterocycles. The van der Waals surface area contributed by atoms with Crippen molar-refractivity contribution in [2.24, 2.45) is 0 Å². The van der Waals surface area contributed by atoms with Crippen LogP contribution in [0.2, 0.25) is 0 Å². The summed E-state index contributed by atoms with van der Waals surface area (Å²) in [6.45, 7) is 2.00. The number of thiophene rings is 2. The quantitative estimate of drug-likeness (QED) is 0.692. The molecule has 0 N–H and O–H groups in total. The second-order valence-electron chi connectivity index (χ2n) is 2.83. The highest BCUT2D eigenvalue weighted by Gasteiger charge is 2.10. The maximum atomic E-state index is 11.7. The van der Waals surface area contributed by atoms with Crippen LogP contribution in [0.5, 0.6) is 0 Å². The van der Waals surface area contributed by atoms with E-state index in [1.165, 1.54) is 11.3 Å². The van der Waals surface area contributed by atoms with E-state index in [-0.39, 0.29) is 5.78 Å². The van der Waals surface area contributed by atoms with Gasteiger partial charge in [-0.2, -0.15) is 11.3 Å². The van der Waals surface area contributed by atoms with Crippen LogP contribution < -0.4 is 0 Å². The average Bonchev–Trinajstić information content (AvgIpc) is 2.72. The third kappa shape index (κ3) is 1.71. The molecule has 13 heavy (non-hydrogen) atoms. The maximum absolute atomic E-state index is 11.7. The summed E-state index contributed by atoms with van der Waals surface area (Å²) in [7, 11) is 0. The standard InChI is InChI=1S/C10H8OS2/c1-7-4-9(13-5-7)10(11)8-2-3-12-6-8/h2-6H,1H3. The van der Waals surface area contributed by atoms with Gasteiger partial charge >= 0.3 is 0 Å². The van der Waals surface area contributed by atoms with Gasteiger partial charge < -0.3 is 0 Å². The lowest BCUT2D eigenvalue weighted by Crippen LogP contribution is -1.95. The van der Waals surface area contributed by atoms with Gasteiger partial charge in [-0.15, -0.1) is 11.3 Å². The minimum Gasteiger partial charge on any atom is -0.288 e. The van der Waals surface area contributed by atoms with Crippen LogP contribution in [0.15, 0.2) is 28.3 Å². The fourth-order valence-corrected chi connectivity index (χ4v) is 2.58. The first-order valence-corrected chi connectivity index (χ1v) is 5.71. The van der Waals surface area contributed by atoms with Crippen LogP contribution in [-0.2, 0) is 0 Å². The first kappa shape index (κ1) is 8.66. The number of carbonyl (C=O) groups is 1. The summed E-state index contributed by atoms with van der Waals surface area (Å²) in [6.07, 6.45) is 0. The molecule has 0 fully saturated rings. The highest BCUT2D eigenvalue weighted by Crippen LogP contribution is 2.19. The molecule has 3 heteroatoms. The largest absolute Gasteiger partial charge is 0.288 e. The van der Waals surface area contributed by atoms with Crippen molar-refractivity contribution in [2.45, 2.75) is 6.92 Å². The van der Waals surface area contributed by atoms with Crippen molar-refractivity contribution < 1.29 is 4.79 Å². The second kappa shape index (κ2) is 3.44. The Bertz CT molecular complexity index is 412. The van der Waals surface area contributed by atoms with Crippen molar-refractivity contribution in [2.75, 3.05) is 0 Å². The Morgan fingerprint density at radius 1 is 1.38 bits per heavy atom. The molecule has 1 nitrogen and oxygen atoms in total. The minimum atomic E-state index is 0.138. The molecule has 0 aromatic carbocycles. The molecule has 0 saturated carbocycles. The fraction of sp³-hybridized carbons (Fsp3) is 0.100. The molecule has 0 radical (unpaired) electrons. The van der Waals surface area contributed by atoms with E-state index in [1.54, 1.807) is 11.3 Å². The molecule has 2 aromatic heterocycles. The Hall–Kier alpha value is -0.930. The number of ketones is 1. The van der Waals surface area contributed by atoms with Gasteiger partial charge in [-0.05, 0) is 35.4 Å². The molecule has 0 bridgehead atoms. The van der Waals surface area contributed by atoms with Crippen molar-refractivity contribution in [3.63, 3.8) is 0 Å². The van der Waals surface area contributed by atoms with Gasteiger partial charge in [-0.1, -0.05) is 0 Å². The Morgan fingerprint density at radius 3 is 2.77 bits per heavy atom. The van der Waals surface area contributed by atoms with Gasteiger partial charge in [-0.3, -0.25) is 4.79 Å². The molecule has 2 rings (SSSR count). The van der Waals surface area contributed by atoms with Crippen LogP contribution in [0.3, 0.4) is 0 Å². The first-order valence-electron chi connectivity index (χ1n) is 3.89. The molecular weight excluding hydrogens is 200 g/mol. The first-order chi connectivity index (χ1) is 6.27. The predicted molar refractivity (Wildman–Crippen MR) is 56.8 cm³/mol. The number of rotatable bonds is 2. The molecule has 0 aliphatic carbocycles. The van der Waals surface area contributed by atoms with E-state index in [0.29, 0.717) is 0 Å². The van der Waals surface area contributed by atoms with Gasteiger partial charge in [0.2, 0.25) is 5.78 Å². The lowest BCUT2D eigenvalue weighted by Gasteiger charge is -1.90. The lowest BCUT2D eigenvalue weighted by molar-refractivity contribution is 0.104. The van der Waals surface area contributed by atoms with Crippen LogP contribution in [0.4, 0.5) is 0 Å². The number of hydrogen-bond acceptors (Lipinski definition) is 3. The molecule has 0 aliphatic rings. The topological polar surface area (TPSA) is 17.1 Å². The molecule has 2 aromatic rings. The molecule has 0 unspecified atom stereocenters. The van der Waals surface area contributed by atoms with Crippen molar-refractivity contribution >= 4 is 28.5 Å². The van der Waals surface area contributed by atoms with E-state index in [0.717, 1.165) is 16.0 Å². The minimum absolute atomic E-state index is 0.138. The highest BCUT2D eigenvalue weighted by atomic mass is 32.1. The van der Waals surface area contributed by atoms with Crippen molar-refractivity contribution in [3.8, 4) is 0 Å². The third-order valence-corrected chi connectivity index (χ3v) is 3.47. The molecular formula is C10H8OS2. The normalized spacial score (nSPS) is 10.2. The average molecular weight is 208 g/mol. The Balaban J connectivity index is 2.33. The number of hydrogen-bond donors (Lipinski definition) is 0. The zero-order valence-corrected chi connectivity index (χ0v) is 8.74. The van der Waals surface area contributed by atoms with Gasteiger partial charge in [0.25, 0.3) is 0 Å². The summed E-state index contributed by atoms with van der Waals surface area (Å²) in [4.78, 5) is 12.6. The van der Waals surface area contributed by atoms with Gasteiger partial charge in [-0.25, -0.2) is 0 Å². The number of aryl methyl sites for hydroxylation is 1. The summed E-state index contributed by atoms with van der Waals surface area (Å²) in [5, 5.41) is 5.81. The fourth-order valence-electron chi connectivity index (χ4n) is 1.09. The lowest BCUT2D eigenvalue weighted by atomic mass is 10.2. The molecule has 0 atom stereocenters.